The Kier molecular flexibility index (Phi) is 5.25. The molecule has 0 aliphatic heterocycles. The van der Waals surface area contributed by atoms with E-state index in [0.29, 0.717) is 16.7 Å². The van der Waals surface area contributed by atoms with E-state index >= 15 is 0 Å². The van der Waals surface area contributed by atoms with Gasteiger partial charge in [0.05, 0.1) is 0 Å². The van der Waals surface area contributed by atoms with Gasteiger partial charge in [0.25, 0.3) is 0 Å². The van der Waals surface area contributed by atoms with Crippen LogP contribution in [-0.4, -0.2) is 25.6 Å². The van der Waals surface area contributed by atoms with E-state index in [1.165, 1.54) is 25.3 Å². The Morgan fingerprint density at radius 1 is 1.10 bits per heavy atom. The van der Waals surface area contributed by atoms with Crippen molar-refractivity contribution in [1.29, 1.82) is 0 Å². The lowest BCUT2D eigenvalue weighted by Gasteiger charge is -2.12. The topological polar surface area (TPSA) is 38.7 Å². The fraction of sp³-hybridized carbons (Fsp3) is 0.250. The minimum absolute atomic E-state index is 0.0219. The Morgan fingerprint density at radius 2 is 1.90 bits per heavy atom. The molecule has 0 atom stereocenters. The molecule has 0 fully saturated rings. The lowest BCUT2D eigenvalue weighted by Crippen LogP contribution is -2.02. The molecule has 0 aliphatic rings. The van der Waals surface area contributed by atoms with Gasteiger partial charge in [-0.2, -0.15) is 0 Å². The molecule has 3 nitrogen and oxygen atoms in total. The van der Waals surface area contributed by atoms with Crippen LogP contribution in [0.1, 0.15) is 5.56 Å². The van der Waals surface area contributed by atoms with Crippen molar-refractivity contribution in [3.05, 3.63) is 53.6 Å². The molecule has 0 bridgehead atoms. The largest absolute Gasteiger partial charge is 0.464 e. The number of halogens is 2. The third kappa shape index (κ3) is 3.56. The Morgan fingerprint density at radius 3 is 2.57 bits per heavy atom. The molecule has 0 aliphatic carbocycles. The Bertz CT molecular complexity index is 614. The summed E-state index contributed by atoms with van der Waals surface area (Å²) in [6.07, 6.45) is 0.238. The first-order chi connectivity index (χ1) is 10.2. The van der Waals surface area contributed by atoms with E-state index < -0.39 is 11.6 Å². The third-order valence-corrected chi connectivity index (χ3v) is 3.03. The van der Waals surface area contributed by atoms with Gasteiger partial charge in [0.15, 0.2) is 18.4 Å². The average molecular weight is 294 g/mol. The van der Waals surface area contributed by atoms with Crippen LogP contribution in [0.15, 0.2) is 36.4 Å². The van der Waals surface area contributed by atoms with Crippen molar-refractivity contribution in [3.63, 3.8) is 0 Å². The second-order valence-corrected chi connectivity index (χ2v) is 4.45. The molecule has 0 heterocycles. The van der Waals surface area contributed by atoms with Crippen LogP contribution in [0.3, 0.4) is 0 Å². The van der Waals surface area contributed by atoms with Crippen molar-refractivity contribution in [3.8, 4) is 16.9 Å². The van der Waals surface area contributed by atoms with Gasteiger partial charge in [0.2, 0.25) is 0 Å². The monoisotopic (exact) mass is 294 g/mol. The van der Waals surface area contributed by atoms with Gasteiger partial charge in [-0.15, -0.1) is 0 Å². The second-order valence-electron chi connectivity index (χ2n) is 4.45. The predicted molar refractivity (Wildman–Crippen MR) is 75.1 cm³/mol. The van der Waals surface area contributed by atoms with Gasteiger partial charge in [-0.05, 0) is 29.7 Å². The summed E-state index contributed by atoms with van der Waals surface area (Å²) in [5.74, 6) is -0.957. The molecule has 0 aromatic heterocycles. The van der Waals surface area contributed by atoms with Gasteiger partial charge in [-0.3, -0.25) is 0 Å². The van der Waals surface area contributed by atoms with E-state index in [2.05, 4.69) is 0 Å². The van der Waals surface area contributed by atoms with Crippen LogP contribution in [0, 0.1) is 11.6 Å². The van der Waals surface area contributed by atoms with Crippen LogP contribution in [0.25, 0.3) is 11.1 Å². The maximum atomic E-state index is 13.9. The molecule has 0 unspecified atom stereocenters. The zero-order valence-corrected chi connectivity index (χ0v) is 11.6. The molecule has 2 aromatic rings. The number of hydrogen-bond acceptors (Lipinski definition) is 3. The van der Waals surface area contributed by atoms with E-state index in [-0.39, 0.29) is 25.6 Å². The Hall–Kier alpha value is -1.98. The van der Waals surface area contributed by atoms with Gasteiger partial charge in [-0.1, -0.05) is 24.3 Å². The first-order valence-corrected chi connectivity index (χ1v) is 6.47. The SMILES string of the molecule is COCOc1c(F)cccc1-c1ccc(CCO)c(F)c1. The number of benzene rings is 2. The molecule has 5 heteroatoms. The normalized spacial score (nSPS) is 10.7. The molecule has 1 N–H and O–H groups in total. The van der Waals surface area contributed by atoms with Gasteiger partial charge >= 0.3 is 0 Å². The first-order valence-electron chi connectivity index (χ1n) is 6.47. The van der Waals surface area contributed by atoms with Crippen molar-refractivity contribution in [2.75, 3.05) is 20.5 Å². The molecule has 0 amide bonds. The number of methoxy groups -OCH3 is 1. The summed E-state index contributed by atoms with van der Waals surface area (Å²) >= 11 is 0. The summed E-state index contributed by atoms with van der Waals surface area (Å²) < 4.78 is 37.8. The zero-order valence-electron chi connectivity index (χ0n) is 11.6. The lowest BCUT2D eigenvalue weighted by atomic mass is 10.0. The van der Waals surface area contributed by atoms with Crippen LogP contribution < -0.4 is 4.74 Å². The van der Waals surface area contributed by atoms with Crippen LogP contribution in [-0.2, 0) is 11.2 Å². The number of aliphatic hydroxyl groups is 1. The highest BCUT2D eigenvalue weighted by atomic mass is 19.1. The number of para-hydroxylation sites is 1. The molecule has 0 saturated carbocycles. The summed E-state index contributed by atoms with van der Waals surface area (Å²) in [5.41, 5.74) is 1.36. The lowest BCUT2D eigenvalue weighted by molar-refractivity contribution is 0.0487. The van der Waals surface area contributed by atoms with E-state index in [9.17, 15) is 8.78 Å². The van der Waals surface area contributed by atoms with Gasteiger partial charge in [-0.25, -0.2) is 8.78 Å². The van der Waals surface area contributed by atoms with Gasteiger partial charge in [0.1, 0.15) is 5.82 Å². The van der Waals surface area contributed by atoms with E-state index in [1.807, 2.05) is 0 Å². The number of aliphatic hydroxyl groups excluding tert-OH is 1. The summed E-state index contributed by atoms with van der Waals surface area (Å²) in [4.78, 5) is 0. The maximum Gasteiger partial charge on any atom is 0.188 e. The first kappa shape index (κ1) is 15.4. The smallest absolute Gasteiger partial charge is 0.188 e. The van der Waals surface area contributed by atoms with E-state index in [0.717, 1.165) is 0 Å². The summed E-state index contributed by atoms with van der Waals surface area (Å²) in [7, 11) is 1.43. The van der Waals surface area contributed by atoms with Crippen LogP contribution >= 0.6 is 0 Å². The minimum atomic E-state index is -0.538. The number of rotatable bonds is 6. The summed E-state index contributed by atoms with van der Waals surface area (Å²) in [6, 6.07) is 9.00. The van der Waals surface area contributed by atoms with Crippen molar-refractivity contribution in [2.45, 2.75) is 6.42 Å². The highest BCUT2D eigenvalue weighted by Crippen LogP contribution is 2.33. The summed E-state index contributed by atoms with van der Waals surface area (Å²) in [6.45, 7) is -0.225. The zero-order chi connectivity index (χ0) is 15.2. The molecule has 112 valence electrons. The van der Waals surface area contributed by atoms with Crippen LogP contribution in [0.5, 0.6) is 5.75 Å². The van der Waals surface area contributed by atoms with Gasteiger partial charge < -0.3 is 14.6 Å². The van der Waals surface area contributed by atoms with Crippen molar-refractivity contribution >= 4 is 0 Å². The fourth-order valence-electron chi connectivity index (χ4n) is 2.04. The second kappa shape index (κ2) is 7.15. The van der Waals surface area contributed by atoms with Crippen molar-refractivity contribution in [1.82, 2.24) is 0 Å². The predicted octanol–water partition coefficient (Wildman–Crippen LogP) is 3.15. The Balaban J connectivity index is 2.41. The average Bonchev–Trinajstić information content (AvgIpc) is 2.48. The maximum absolute atomic E-state index is 13.9. The quantitative estimate of drug-likeness (QED) is 0.832. The molecule has 2 rings (SSSR count). The van der Waals surface area contributed by atoms with Crippen molar-refractivity contribution < 1.29 is 23.4 Å². The molecular formula is C16H16F2O3. The minimum Gasteiger partial charge on any atom is -0.464 e. The highest BCUT2D eigenvalue weighted by Gasteiger charge is 2.13. The van der Waals surface area contributed by atoms with Crippen LogP contribution in [0.2, 0.25) is 0 Å². The third-order valence-electron chi connectivity index (χ3n) is 3.03. The molecule has 0 spiro atoms. The van der Waals surface area contributed by atoms with Gasteiger partial charge in [0, 0.05) is 19.3 Å². The summed E-state index contributed by atoms with van der Waals surface area (Å²) in [5, 5.41) is 8.86. The number of hydrogen-bond donors (Lipinski definition) is 1. The molecule has 2 aromatic carbocycles. The fourth-order valence-corrected chi connectivity index (χ4v) is 2.04. The Labute approximate surface area is 121 Å². The molecule has 21 heavy (non-hydrogen) atoms. The van der Waals surface area contributed by atoms with Crippen molar-refractivity contribution in [2.24, 2.45) is 0 Å². The molecule has 0 saturated heterocycles. The van der Waals surface area contributed by atoms with E-state index in [1.54, 1.807) is 18.2 Å². The number of ether oxygens (including phenoxy) is 2. The molecule has 0 radical (unpaired) electrons. The standard InChI is InChI=1S/C16H16F2O3/c1-20-10-21-16-13(3-2-4-14(16)17)12-6-5-11(7-8-19)15(18)9-12/h2-6,9,19H,7-8,10H2,1H3. The highest BCUT2D eigenvalue weighted by molar-refractivity contribution is 5.71. The van der Waals surface area contributed by atoms with E-state index in [4.69, 9.17) is 14.6 Å². The molecular weight excluding hydrogens is 278 g/mol. The van der Waals surface area contributed by atoms with Crippen LogP contribution in [0.4, 0.5) is 8.78 Å².